The summed E-state index contributed by atoms with van der Waals surface area (Å²) in [5, 5.41) is 9.86. The molecule has 2 aliphatic rings. The fraction of sp³-hybridized carbons (Fsp3) is 0.647. The third kappa shape index (κ3) is 4.27. The Hall–Kier alpha value is -0.940. The Morgan fingerprint density at radius 1 is 1.10 bits per heavy atom. The standard InChI is InChI=1S/C17H26N2O2/c20-17-13-19(10-11-21-14-17)16-6-8-18(9-7-16)12-15-4-2-1-3-5-15/h1-5,16-17,20H,6-14H2/t17-/m1/s1. The molecule has 0 amide bonds. The quantitative estimate of drug-likeness (QED) is 0.911. The van der Waals surface area contributed by atoms with Crippen LogP contribution >= 0.6 is 0 Å². The van der Waals surface area contributed by atoms with Gasteiger partial charge in [-0.2, -0.15) is 0 Å². The molecule has 0 radical (unpaired) electrons. The molecule has 2 heterocycles. The molecule has 2 saturated heterocycles. The molecule has 3 rings (SSSR count). The van der Waals surface area contributed by atoms with Crippen LogP contribution in [-0.4, -0.2) is 66.4 Å². The monoisotopic (exact) mass is 290 g/mol. The maximum Gasteiger partial charge on any atom is 0.0900 e. The molecule has 0 bridgehead atoms. The molecule has 1 aromatic rings. The van der Waals surface area contributed by atoms with Crippen molar-refractivity contribution in [1.29, 1.82) is 0 Å². The van der Waals surface area contributed by atoms with E-state index in [1.807, 2.05) is 0 Å². The van der Waals surface area contributed by atoms with Crippen LogP contribution in [0.3, 0.4) is 0 Å². The third-order valence-electron chi connectivity index (χ3n) is 4.60. The van der Waals surface area contributed by atoms with Gasteiger partial charge in [0.05, 0.1) is 19.3 Å². The number of aliphatic hydroxyl groups is 1. The number of rotatable bonds is 3. The first-order valence-corrected chi connectivity index (χ1v) is 8.07. The minimum absolute atomic E-state index is 0.324. The van der Waals surface area contributed by atoms with Crippen molar-refractivity contribution in [3.63, 3.8) is 0 Å². The van der Waals surface area contributed by atoms with Gasteiger partial charge in [0, 0.05) is 25.7 Å². The molecule has 0 saturated carbocycles. The number of hydrogen-bond acceptors (Lipinski definition) is 4. The predicted molar refractivity (Wildman–Crippen MR) is 83.1 cm³/mol. The van der Waals surface area contributed by atoms with E-state index in [4.69, 9.17) is 4.74 Å². The second-order valence-corrected chi connectivity index (χ2v) is 6.22. The van der Waals surface area contributed by atoms with Crippen LogP contribution < -0.4 is 0 Å². The van der Waals surface area contributed by atoms with Crippen molar-refractivity contribution in [3.05, 3.63) is 35.9 Å². The number of benzene rings is 1. The normalized spacial score (nSPS) is 26.6. The van der Waals surface area contributed by atoms with Gasteiger partial charge < -0.3 is 9.84 Å². The van der Waals surface area contributed by atoms with E-state index in [1.165, 1.54) is 18.4 Å². The highest BCUT2D eigenvalue weighted by Crippen LogP contribution is 2.19. The van der Waals surface area contributed by atoms with Gasteiger partial charge in [-0.05, 0) is 31.5 Å². The minimum Gasteiger partial charge on any atom is -0.389 e. The molecule has 4 heteroatoms. The summed E-state index contributed by atoms with van der Waals surface area (Å²) in [6.45, 7) is 6.31. The topological polar surface area (TPSA) is 35.9 Å². The fourth-order valence-electron chi connectivity index (χ4n) is 3.43. The van der Waals surface area contributed by atoms with Crippen LogP contribution in [0.25, 0.3) is 0 Å². The number of nitrogens with zero attached hydrogens (tertiary/aromatic N) is 2. The van der Waals surface area contributed by atoms with Crippen LogP contribution in [-0.2, 0) is 11.3 Å². The maximum atomic E-state index is 9.86. The highest BCUT2D eigenvalue weighted by Gasteiger charge is 2.27. The lowest BCUT2D eigenvalue weighted by atomic mass is 10.0. The minimum atomic E-state index is -0.324. The average molecular weight is 290 g/mol. The second kappa shape index (κ2) is 7.36. The third-order valence-corrected chi connectivity index (χ3v) is 4.60. The first kappa shape index (κ1) is 15.0. The van der Waals surface area contributed by atoms with Gasteiger partial charge in [-0.1, -0.05) is 30.3 Å². The molecular weight excluding hydrogens is 264 g/mol. The molecule has 0 aromatic heterocycles. The molecule has 1 aromatic carbocycles. The van der Waals surface area contributed by atoms with Crippen LogP contribution in [0.4, 0.5) is 0 Å². The molecule has 116 valence electrons. The first-order chi connectivity index (χ1) is 10.3. The Labute approximate surface area is 127 Å². The van der Waals surface area contributed by atoms with E-state index in [9.17, 15) is 5.11 Å². The largest absolute Gasteiger partial charge is 0.389 e. The fourth-order valence-corrected chi connectivity index (χ4v) is 3.43. The maximum absolute atomic E-state index is 9.86. The highest BCUT2D eigenvalue weighted by atomic mass is 16.5. The van der Waals surface area contributed by atoms with Crippen LogP contribution in [0.5, 0.6) is 0 Å². The summed E-state index contributed by atoms with van der Waals surface area (Å²) in [6, 6.07) is 11.3. The van der Waals surface area contributed by atoms with Crippen molar-refractivity contribution in [2.24, 2.45) is 0 Å². The van der Waals surface area contributed by atoms with Crippen molar-refractivity contribution in [2.75, 3.05) is 39.4 Å². The van der Waals surface area contributed by atoms with Gasteiger partial charge in [0.25, 0.3) is 0 Å². The summed E-state index contributed by atoms with van der Waals surface area (Å²) in [6.07, 6.45) is 2.06. The highest BCUT2D eigenvalue weighted by molar-refractivity contribution is 5.14. The molecule has 0 spiro atoms. The molecule has 0 aliphatic carbocycles. The van der Waals surface area contributed by atoms with Crippen LogP contribution in [0, 0.1) is 0 Å². The number of likely N-dealkylation sites (tertiary alicyclic amines) is 1. The van der Waals surface area contributed by atoms with E-state index in [-0.39, 0.29) is 6.10 Å². The van der Waals surface area contributed by atoms with Crippen molar-refractivity contribution in [2.45, 2.75) is 31.5 Å². The van der Waals surface area contributed by atoms with Crippen molar-refractivity contribution >= 4 is 0 Å². The lowest BCUT2D eigenvalue weighted by molar-refractivity contribution is 0.0493. The number of hydrogen-bond donors (Lipinski definition) is 1. The molecule has 2 fully saturated rings. The summed E-state index contributed by atoms with van der Waals surface area (Å²) in [7, 11) is 0. The second-order valence-electron chi connectivity index (χ2n) is 6.22. The van der Waals surface area contributed by atoms with Gasteiger partial charge in [-0.25, -0.2) is 0 Å². The van der Waals surface area contributed by atoms with Gasteiger partial charge in [0.15, 0.2) is 0 Å². The summed E-state index contributed by atoms with van der Waals surface area (Å²) >= 11 is 0. The zero-order valence-corrected chi connectivity index (χ0v) is 12.7. The van der Waals surface area contributed by atoms with Gasteiger partial charge in [-0.15, -0.1) is 0 Å². The summed E-state index contributed by atoms with van der Waals surface area (Å²) in [5.41, 5.74) is 1.40. The predicted octanol–water partition coefficient (Wildman–Crippen LogP) is 1.34. The summed E-state index contributed by atoms with van der Waals surface area (Å²) in [4.78, 5) is 4.97. The van der Waals surface area contributed by atoms with Crippen molar-refractivity contribution in [1.82, 2.24) is 9.80 Å². The Morgan fingerprint density at radius 3 is 2.62 bits per heavy atom. The number of aliphatic hydroxyl groups excluding tert-OH is 1. The zero-order chi connectivity index (χ0) is 14.5. The van der Waals surface area contributed by atoms with Gasteiger partial charge in [0.2, 0.25) is 0 Å². The number of ether oxygens (including phenoxy) is 1. The van der Waals surface area contributed by atoms with Crippen LogP contribution in [0.15, 0.2) is 30.3 Å². The molecule has 1 N–H and O–H groups in total. The molecule has 4 nitrogen and oxygen atoms in total. The van der Waals surface area contributed by atoms with Crippen LogP contribution in [0.1, 0.15) is 18.4 Å². The van der Waals surface area contributed by atoms with Gasteiger partial charge in [0.1, 0.15) is 0 Å². The lowest BCUT2D eigenvalue weighted by Gasteiger charge is -2.38. The molecule has 2 aliphatic heterocycles. The van der Waals surface area contributed by atoms with Gasteiger partial charge >= 0.3 is 0 Å². The van der Waals surface area contributed by atoms with Gasteiger partial charge in [-0.3, -0.25) is 9.80 Å². The average Bonchev–Trinajstić information content (AvgIpc) is 2.74. The van der Waals surface area contributed by atoms with E-state index in [1.54, 1.807) is 0 Å². The Morgan fingerprint density at radius 2 is 1.86 bits per heavy atom. The molecule has 0 unspecified atom stereocenters. The Bertz CT molecular complexity index is 418. The summed E-state index contributed by atoms with van der Waals surface area (Å²) < 4.78 is 5.43. The summed E-state index contributed by atoms with van der Waals surface area (Å²) in [5.74, 6) is 0. The van der Waals surface area contributed by atoms with E-state index in [0.717, 1.165) is 39.3 Å². The number of piperidine rings is 1. The molecular formula is C17H26N2O2. The number of β-amino-alcohol motifs (C(OH)–C–C–N with tert-alkyl or cyclic N) is 1. The van der Waals surface area contributed by atoms with E-state index in [0.29, 0.717) is 12.6 Å². The lowest BCUT2D eigenvalue weighted by Crippen LogP contribution is -2.47. The van der Waals surface area contributed by atoms with Crippen molar-refractivity contribution in [3.8, 4) is 0 Å². The van der Waals surface area contributed by atoms with Crippen LogP contribution in [0.2, 0.25) is 0 Å². The van der Waals surface area contributed by atoms with E-state index in [2.05, 4.69) is 40.1 Å². The molecule has 21 heavy (non-hydrogen) atoms. The Kier molecular flexibility index (Phi) is 5.25. The SMILES string of the molecule is O[C@H]1COCCN(C2CCN(Cc3ccccc3)CC2)C1. The zero-order valence-electron chi connectivity index (χ0n) is 12.7. The van der Waals surface area contributed by atoms with E-state index < -0.39 is 0 Å². The van der Waals surface area contributed by atoms with E-state index >= 15 is 0 Å². The first-order valence-electron chi connectivity index (χ1n) is 8.07. The van der Waals surface area contributed by atoms with Crippen molar-refractivity contribution < 1.29 is 9.84 Å². The smallest absolute Gasteiger partial charge is 0.0900 e. The molecule has 1 atom stereocenters. The Balaban J connectivity index is 1.48.